The van der Waals surface area contributed by atoms with Crippen LogP contribution in [0.25, 0.3) is 11.0 Å². The number of aromatic amines is 2. The fourth-order valence-electron chi connectivity index (χ4n) is 3.73. The number of aliphatic imine (C=N–C) groups is 1. The van der Waals surface area contributed by atoms with Gasteiger partial charge < -0.3 is 15.6 Å². The Hall–Kier alpha value is -3.49. The van der Waals surface area contributed by atoms with E-state index < -0.39 is 17.9 Å². The molecule has 5 rings (SSSR count). The third-order valence-electron chi connectivity index (χ3n) is 5.09. The second-order valence-electron chi connectivity index (χ2n) is 6.91. The van der Waals surface area contributed by atoms with Crippen molar-refractivity contribution in [2.24, 2.45) is 4.99 Å². The highest BCUT2D eigenvalue weighted by Crippen LogP contribution is 2.37. The molecule has 2 aliphatic rings. The molecule has 29 heavy (non-hydrogen) atoms. The number of rotatable bonds is 2. The highest BCUT2D eigenvalue weighted by Gasteiger charge is 2.38. The molecule has 148 valence electrons. The van der Waals surface area contributed by atoms with Gasteiger partial charge in [-0.3, -0.25) is 5.10 Å². The van der Waals surface area contributed by atoms with Gasteiger partial charge in [-0.15, -0.1) is 0 Å². The Morgan fingerprint density at radius 3 is 2.86 bits per heavy atom. The van der Waals surface area contributed by atoms with Gasteiger partial charge in [0.1, 0.15) is 17.5 Å². The van der Waals surface area contributed by atoms with E-state index in [1.807, 2.05) is 30.3 Å². The summed E-state index contributed by atoms with van der Waals surface area (Å²) in [7, 11) is 0. The molecule has 1 aliphatic carbocycles. The molecule has 9 heteroatoms. The second-order valence-corrected chi connectivity index (χ2v) is 6.91. The molecular formula is C20H17F3N6. The molecule has 0 bridgehead atoms. The van der Waals surface area contributed by atoms with Crippen molar-refractivity contribution in [2.75, 3.05) is 10.6 Å². The number of para-hydroxylation sites is 1. The molecule has 0 saturated heterocycles. The van der Waals surface area contributed by atoms with Crippen LogP contribution in [0.1, 0.15) is 18.4 Å². The summed E-state index contributed by atoms with van der Waals surface area (Å²) in [5.74, 6) is 1.00. The molecule has 2 aromatic heterocycles. The lowest BCUT2D eigenvalue weighted by Crippen LogP contribution is -2.33. The van der Waals surface area contributed by atoms with Crippen LogP contribution >= 0.6 is 0 Å². The summed E-state index contributed by atoms with van der Waals surface area (Å²) in [5.41, 5.74) is 2.70. The van der Waals surface area contributed by atoms with Gasteiger partial charge in [0, 0.05) is 17.4 Å². The lowest BCUT2D eigenvalue weighted by molar-refractivity contribution is -0.0895. The molecule has 4 N–H and O–H groups in total. The summed E-state index contributed by atoms with van der Waals surface area (Å²) in [4.78, 5) is 7.70. The number of alkyl halides is 3. The summed E-state index contributed by atoms with van der Waals surface area (Å²) in [6.07, 6.45) is 0.0984. The minimum absolute atomic E-state index is 0.237. The van der Waals surface area contributed by atoms with Crippen LogP contribution < -0.4 is 10.6 Å². The number of nitrogens with one attached hydrogen (secondary N) is 4. The number of aromatic nitrogens is 3. The maximum Gasteiger partial charge on any atom is 0.416 e. The Morgan fingerprint density at radius 2 is 2.00 bits per heavy atom. The number of H-pyrrole nitrogens is 2. The average Bonchev–Trinajstić information content (AvgIpc) is 3.32. The maximum atomic E-state index is 13.6. The van der Waals surface area contributed by atoms with E-state index in [9.17, 15) is 13.2 Å². The van der Waals surface area contributed by atoms with Gasteiger partial charge in [0.2, 0.25) is 0 Å². The molecule has 3 heterocycles. The van der Waals surface area contributed by atoms with Gasteiger partial charge in [-0.05, 0) is 36.6 Å². The molecule has 0 amide bonds. The van der Waals surface area contributed by atoms with Gasteiger partial charge >= 0.3 is 6.18 Å². The SMILES string of the molecule is FC(F)(F)C1=C(C2N=C(Nc3n[nH]c4cc[nH]c34)c3ccccc3N2)CCC=C1. The number of halogens is 3. The Morgan fingerprint density at radius 1 is 1.14 bits per heavy atom. The number of nitrogens with zero attached hydrogens (tertiary/aromatic N) is 2. The first-order valence-electron chi connectivity index (χ1n) is 9.20. The van der Waals surface area contributed by atoms with Gasteiger partial charge in [0.15, 0.2) is 5.82 Å². The van der Waals surface area contributed by atoms with E-state index in [4.69, 9.17) is 0 Å². The fourth-order valence-corrected chi connectivity index (χ4v) is 3.73. The Labute approximate surface area is 163 Å². The minimum Gasteiger partial charge on any atom is -0.360 e. The first kappa shape index (κ1) is 17.6. The minimum atomic E-state index is -4.42. The molecule has 1 aromatic carbocycles. The van der Waals surface area contributed by atoms with E-state index in [-0.39, 0.29) is 5.57 Å². The summed E-state index contributed by atoms with van der Waals surface area (Å²) >= 11 is 0. The zero-order chi connectivity index (χ0) is 20.0. The predicted molar refractivity (Wildman–Crippen MR) is 106 cm³/mol. The molecule has 1 atom stereocenters. The lowest BCUT2D eigenvalue weighted by atomic mass is 9.93. The maximum absolute atomic E-state index is 13.6. The molecule has 0 fully saturated rings. The third-order valence-corrected chi connectivity index (χ3v) is 5.09. The molecule has 0 spiro atoms. The number of anilines is 2. The van der Waals surface area contributed by atoms with Crippen LogP contribution in [0.15, 0.2) is 64.8 Å². The van der Waals surface area contributed by atoms with E-state index in [0.29, 0.717) is 24.5 Å². The van der Waals surface area contributed by atoms with Gasteiger partial charge in [0.25, 0.3) is 0 Å². The van der Waals surface area contributed by atoms with Gasteiger partial charge in [-0.1, -0.05) is 24.3 Å². The summed E-state index contributed by atoms with van der Waals surface area (Å²) in [6.45, 7) is 0. The number of benzene rings is 1. The van der Waals surface area contributed by atoms with Crippen molar-refractivity contribution in [3.8, 4) is 0 Å². The monoisotopic (exact) mass is 398 g/mol. The number of allylic oxidation sites excluding steroid dienone is 3. The molecule has 3 aromatic rings. The highest BCUT2D eigenvalue weighted by molar-refractivity contribution is 6.14. The molecule has 1 unspecified atom stereocenters. The van der Waals surface area contributed by atoms with Crippen molar-refractivity contribution < 1.29 is 13.2 Å². The van der Waals surface area contributed by atoms with E-state index >= 15 is 0 Å². The van der Waals surface area contributed by atoms with Crippen LogP contribution in [0.2, 0.25) is 0 Å². The fraction of sp³-hybridized carbons (Fsp3) is 0.200. The summed E-state index contributed by atoms with van der Waals surface area (Å²) in [6, 6.07) is 9.24. The lowest BCUT2D eigenvalue weighted by Gasteiger charge is -2.30. The number of hydrogen-bond donors (Lipinski definition) is 4. The number of amidine groups is 1. The van der Waals surface area contributed by atoms with Crippen LogP contribution in [-0.4, -0.2) is 33.4 Å². The van der Waals surface area contributed by atoms with Gasteiger partial charge in [-0.25, -0.2) is 4.99 Å². The van der Waals surface area contributed by atoms with Crippen LogP contribution in [0.3, 0.4) is 0 Å². The Balaban J connectivity index is 1.59. The normalized spacial score (nSPS) is 19.1. The van der Waals surface area contributed by atoms with Crippen molar-refractivity contribution in [1.29, 1.82) is 0 Å². The first-order valence-corrected chi connectivity index (χ1v) is 9.20. The van der Waals surface area contributed by atoms with E-state index in [1.54, 1.807) is 12.3 Å². The quantitative estimate of drug-likeness (QED) is 0.505. The predicted octanol–water partition coefficient (Wildman–Crippen LogP) is 4.71. The van der Waals surface area contributed by atoms with Crippen LogP contribution in [-0.2, 0) is 0 Å². The number of fused-ring (bicyclic) bond motifs is 2. The Bertz CT molecular complexity index is 1160. The van der Waals surface area contributed by atoms with Crippen molar-refractivity contribution in [1.82, 2.24) is 15.2 Å². The van der Waals surface area contributed by atoms with Crippen molar-refractivity contribution in [2.45, 2.75) is 25.2 Å². The number of hydrogen-bond acceptors (Lipinski definition) is 4. The second kappa shape index (κ2) is 6.54. The molecule has 6 nitrogen and oxygen atoms in total. The molecule has 0 saturated carbocycles. The zero-order valence-electron chi connectivity index (χ0n) is 15.1. The summed E-state index contributed by atoms with van der Waals surface area (Å²) in [5, 5.41) is 13.5. The van der Waals surface area contributed by atoms with Crippen LogP contribution in [0.4, 0.5) is 24.7 Å². The molecule has 1 aliphatic heterocycles. The van der Waals surface area contributed by atoms with E-state index in [2.05, 4.69) is 30.8 Å². The standard InChI is InChI=1S/C20H17F3N6/c21-20(22,23)13-7-3-1-5-11(13)17-25-14-8-4-2-6-12(14)18(26-17)27-19-16-15(28-29-19)9-10-24-16/h2-4,6-10,17,24-25H,1,5H2,(H2,26,27,28,29). The van der Waals surface area contributed by atoms with Crippen molar-refractivity contribution >= 4 is 28.4 Å². The Kier molecular flexibility index (Phi) is 3.97. The third kappa shape index (κ3) is 3.08. The van der Waals surface area contributed by atoms with Gasteiger partial charge in [-0.2, -0.15) is 18.3 Å². The molecular weight excluding hydrogens is 381 g/mol. The van der Waals surface area contributed by atoms with Crippen LogP contribution in [0.5, 0.6) is 0 Å². The van der Waals surface area contributed by atoms with Crippen LogP contribution in [0, 0.1) is 0 Å². The molecule has 0 radical (unpaired) electrons. The zero-order valence-corrected chi connectivity index (χ0v) is 15.1. The van der Waals surface area contributed by atoms with Gasteiger partial charge in [0.05, 0.1) is 11.1 Å². The van der Waals surface area contributed by atoms with E-state index in [1.165, 1.54) is 0 Å². The van der Waals surface area contributed by atoms with Crippen molar-refractivity contribution in [3.05, 3.63) is 65.4 Å². The highest BCUT2D eigenvalue weighted by atomic mass is 19.4. The van der Waals surface area contributed by atoms with E-state index in [0.717, 1.165) is 28.4 Å². The van der Waals surface area contributed by atoms with Crippen molar-refractivity contribution in [3.63, 3.8) is 0 Å². The topological polar surface area (TPSA) is 80.9 Å². The largest absolute Gasteiger partial charge is 0.416 e. The smallest absolute Gasteiger partial charge is 0.360 e. The summed E-state index contributed by atoms with van der Waals surface area (Å²) < 4.78 is 40.7. The average molecular weight is 398 g/mol. The first-order chi connectivity index (χ1) is 14.0.